The van der Waals surface area contributed by atoms with Crippen molar-refractivity contribution in [3.63, 3.8) is 0 Å². The molecule has 1 saturated heterocycles. The Labute approximate surface area is 110 Å². The van der Waals surface area contributed by atoms with Crippen molar-refractivity contribution in [1.29, 1.82) is 0 Å². The maximum absolute atomic E-state index is 9.88. The third-order valence-electron chi connectivity index (χ3n) is 4.19. The summed E-state index contributed by atoms with van der Waals surface area (Å²) in [6.45, 7) is 7.38. The highest BCUT2D eigenvalue weighted by Gasteiger charge is 2.28. The largest absolute Gasteiger partial charge is 0.508 e. The van der Waals surface area contributed by atoms with Gasteiger partial charge in [-0.1, -0.05) is 17.7 Å². The van der Waals surface area contributed by atoms with E-state index in [0.717, 1.165) is 38.0 Å². The quantitative estimate of drug-likeness (QED) is 0.861. The molecule has 0 atom stereocenters. The number of hydrogen-bond acceptors (Lipinski definition) is 3. The van der Waals surface area contributed by atoms with Crippen LogP contribution in [0.15, 0.2) is 18.2 Å². The molecule has 18 heavy (non-hydrogen) atoms. The van der Waals surface area contributed by atoms with Crippen molar-refractivity contribution in [1.82, 2.24) is 10.2 Å². The lowest BCUT2D eigenvalue weighted by molar-refractivity contribution is 0.145. The maximum Gasteiger partial charge on any atom is 0.120 e. The smallest absolute Gasteiger partial charge is 0.120 e. The van der Waals surface area contributed by atoms with E-state index in [0.29, 0.717) is 5.75 Å². The highest BCUT2D eigenvalue weighted by molar-refractivity contribution is 5.35. The van der Waals surface area contributed by atoms with E-state index in [1.54, 1.807) is 6.07 Å². The second kappa shape index (κ2) is 5.29. The first-order valence-electron chi connectivity index (χ1n) is 6.72. The van der Waals surface area contributed by atoms with Crippen molar-refractivity contribution >= 4 is 0 Å². The van der Waals surface area contributed by atoms with Crippen LogP contribution in [0.25, 0.3) is 0 Å². The van der Waals surface area contributed by atoms with Crippen LogP contribution in [0.5, 0.6) is 5.75 Å². The van der Waals surface area contributed by atoms with E-state index in [2.05, 4.69) is 30.1 Å². The van der Waals surface area contributed by atoms with Gasteiger partial charge in [0, 0.05) is 30.7 Å². The second-order valence-corrected chi connectivity index (χ2v) is 5.72. The lowest BCUT2D eigenvalue weighted by atomic mass is 9.89. The van der Waals surface area contributed by atoms with E-state index in [4.69, 9.17) is 0 Å². The van der Waals surface area contributed by atoms with Crippen LogP contribution in [0, 0.1) is 6.92 Å². The van der Waals surface area contributed by atoms with Gasteiger partial charge >= 0.3 is 0 Å². The molecule has 0 unspecified atom stereocenters. The van der Waals surface area contributed by atoms with Gasteiger partial charge in [-0.3, -0.25) is 4.90 Å². The van der Waals surface area contributed by atoms with Gasteiger partial charge in [0.2, 0.25) is 0 Å². The third kappa shape index (κ3) is 3.03. The second-order valence-electron chi connectivity index (χ2n) is 5.72. The van der Waals surface area contributed by atoms with Gasteiger partial charge in [-0.25, -0.2) is 0 Å². The van der Waals surface area contributed by atoms with E-state index in [1.165, 1.54) is 5.56 Å². The SMILES string of the molecule is CNC1(C)CCN(Cc2cc(C)ccc2O)CC1. The lowest BCUT2D eigenvalue weighted by Crippen LogP contribution is -2.49. The average Bonchev–Trinajstić information content (AvgIpc) is 2.37. The Morgan fingerprint density at radius 1 is 1.33 bits per heavy atom. The number of benzene rings is 1. The first-order chi connectivity index (χ1) is 8.52. The molecule has 1 heterocycles. The molecular formula is C15H24N2O. The van der Waals surface area contributed by atoms with E-state index in [9.17, 15) is 5.11 Å². The monoisotopic (exact) mass is 248 g/mol. The predicted molar refractivity (Wildman–Crippen MR) is 74.8 cm³/mol. The van der Waals surface area contributed by atoms with Crippen molar-refractivity contribution < 1.29 is 5.11 Å². The number of hydrogen-bond donors (Lipinski definition) is 2. The van der Waals surface area contributed by atoms with Crippen molar-refractivity contribution in [2.75, 3.05) is 20.1 Å². The standard InChI is InChI=1S/C15H24N2O/c1-12-4-5-14(18)13(10-12)11-17-8-6-15(2,16-3)7-9-17/h4-5,10,16,18H,6-9,11H2,1-3H3. The number of piperidine rings is 1. The molecule has 2 rings (SSSR count). The number of rotatable bonds is 3. The van der Waals surface area contributed by atoms with E-state index in [1.807, 2.05) is 13.1 Å². The molecule has 1 aromatic rings. The van der Waals surface area contributed by atoms with Gasteiger partial charge in [0.25, 0.3) is 0 Å². The normalized spacial score (nSPS) is 19.9. The summed E-state index contributed by atoms with van der Waals surface area (Å²) < 4.78 is 0. The van der Waals surface area contributed by atoms with Crippen LogP contribution < -0.4 is 5.32 Å². The van der Waals surface area contributed by atoms with Crippen LogP contribution in [-0.4, -0.2) is 35.7 Å². The van der Waals surface area contributed by atoms with Crippen LogP contribution in [-0.2, 0) is 6.54 Å². The molecule has 0 amide bonds. The van der Waals surface area contributed by atoms with Gasteiger partial charge < -0.3 is 10.4 Å². The van der Waals surface area contributed by atoms with Crippen LogP contribution in [0.1, 0.15) is 30.9 Å². The van der Waals surface area contributed by atoms with Crippen LogP contribution in [0.2, 0.25) is 0 Å². The van der Waals surface area contributed by atoms with Gasteiger partial charge in [-0.15, -0.1) is 0 Å². The molecule has 0 aliphatic carbocycles. The molecule has 0 bridgehead atoms. The number of phenols is 1. The number of phenolic OH excluding ortho intramolecular Hbond substituents is 1. The minimum absolute atomic E-state index is 0.283. The minimum Gasteiger partial charge on any atom is -0.508 e. The van der Waals surface area contributed by atoms with Gasteiger partial charge in [-0.05, 0) is 39.8 Å². The third-order valence-corrected chi connectivity index (χ3v) is 4.19. The summed E-state index contributed by atoms with van der Waals surface area (Å²) >= 11 is 0. The Kier molecular flexibility index (Phi) is 3.93. The fourth-order valence-electron chi connectivity index (χ4n) is 2.54. The van der Waals surface area contributed by atoms with E-state index in [-0.39, 0.29) is 5.54 Å². The number of nitrogens with one attached hydrogen (secondary N) is 1. The molecular weight excluding hydrogens is 224 g/mol. The van der Waals surface area contributed by atoms with Gasteiger partial charge in [0.05, 0.1) is 0 Å². The van der Waals surface area contributed by atoms with Gasteiger partial charge in [0.15, 0.2) is 0 Å². The summed E-state index contributed by atoms with van der Waals surface area (Å²) in [6, 6.07) is 5.83. The number of nitrogens with zero attached hydrogens (tertiary/aromatic N) is 1. The fraction of sp³-hybridized carbons (Fsp3) is 0.600. The van der Waals surface area contributed by atoms with Gasteiger partial charge in [0.1, 0.15) is 5.75 Å². The highest BCUT2D eigenvalue weighted by atomic mass is 16.3. The van der Waals surface area contributed by atoms with Crippen molar-refractivity contribution in [3.8, 4) is 5.75 Å². The first kappa shape index (κ1) is 13.4. The zero-order chi connectivity index (χ0) is 13.2. The van der Waals surface area contributed by atoms with Gasteiger partial charge in [-0.2, -0.15) is 0 Å². The van der Waals surface area contributed by atoms with Crippen molar-refractivity contribution in [2.24, 2.45) is 0 Å². The molecule has 3 nitrogen and oxygen atoms in total. The summed E-state index contributed by atoms with van der Waals surface area (Å²) in [5.74, 6) is 0.419. The predicted octanol–water partition coefficient (Wildman–Crippen LogP) is 2.27. The Balaban J connectivity index is 1.97. The van der Waals surface area contributed by atoms with Crippen LogP contribution >= 0.6 is 0 Å². The van der Waals surface area contributed by atoms with E-state index >= 15 is 0 Å². The summed E-state index contributed by atoms with van der Waals surface area (Å²) in [5.41, 5.74) is 2.54. The average molecular weight is 248 g/mol. The minimum atomic E-state index is 0.283. The lowest BCUT2D eigenvalue weighted by Gasteiger charge is -2.39. The molecule has 1 aromatic carbocycles. The molecule has 0 aromatic heterocycles. The molecule has 3 heteroatoms. The molecule has 0 saturated carbocycles. The maximum atomic E-state index is 9.88. The summed E-state index contributed by atoms with van der Waals surface area (Å²) in [7, 11) is 2.04. The molecule has 1 fully saturated rings. The highest BCUT2D eigenvalue weighted by Crippen LogP contribution is 2.25. The molecule has 0 spiro atoms. The molecule has 0 radical (unpaired) electrons. The van der Waals surface area contributed by atoms with E-state index < -0.39 is 0 Å². The van der Waals surface area contributed by atoms with Crippen molar-refractivity contribution in [2.45, 2.75) is 38.8 Å². The Morgan fingerprint density at radius 3 is 2.61 bits per heavy atom. The summed E-state index contributed by atoms with van der Waals surface area (Å²) in [5, 5.41) is 13.3. The van der Waals surface area contributed by atoms with Crippen LogP contribution in [0.3, 0.4) is 0 Å². The Morgan fingerprint density at radius 2 is 2.00 bits per heavy atom. The fourth-order valence-corrected chi connectivity index (χ4v) is 2.54. The topological polar surface area (TPSA) is 35.5 Å². The molecule has 1 aliphatic rings. The Hall–Kier alpha value is -1.06. The number of aromatic hydroxyl groups is 1. The summed E-state index contributed by atoms with van der Waals surface area (Å²) in [4.78, 5) is 2.42. The number of aryl methyl sites for hydroxylation is 1. The zero-order valence-corrected chi connectivity index (χ0v) is 11.7. The zero-order valence-electron chi connectivity index (χ0n) is 11.7. The van der Waals surface area contributed by atoms with Crippen LogP contribution in [0.4, 0.5) is 0 Å². The Bertz CT molecular complexity index is 409. The number of likely N-dealkylation sites (tertiary alicyclic amines) is 1. The molecule has 1 aliphatic heterocycles. The molecule has 2 N–H and O–H groups in total. The first-order valence-corrected chi connectivity index (χ1v) is 6.72. The molecule has 100 valence electrons. The van der Waals surface area contributed by atoms with Crippen molar-refractivity contribution in [3.05, 3.63) is 29.3 Å². The summed E-state index contributed by atoms with van der Waals surface area (Å²) in [6.07, 6.45) is 2.33.